The Labute approximate surface area is 132 Å². The monoisotopic (exact) mass is 400 g/mol. The van der Waals surface area contributed by atoms with Crippen LogP contribution in [-0.4, -0.2) is 13.4 Å². The molecule has 0 saturated carbocycles. The number of hydrogen-bond donors (Lipinski definition) is 1. The number of sulfonamides is 1. The first-order chi connectivity index (χ1) is 8.79. The third kappa shape index (κ3) is 3.41. The number of halogens is 3. The SMILES string of the molecule is Cc1nc(Cl)sc1S(=O)(=O)Nc1ccc(Cl)cc1Br. The summed E-state index contributed by atoms with van der Waals surface area (Å²) in [4.78, 5) is 3.89. The fourth-order valence-corrected chi connectivity index (χ4v) is 5.10. The van der Waals surface area contributed by atoms with E-state index in [1.54, 1.807) is 25.1 Å². The van der Waals surface area contributed by atoms with E-state index in [1.165, 1.54) is 0 Å². The van der Waals surface area contributed by atoms with Gasteiger partial charge in [0.1, 0.15) is 0 Å². The quantitative estimate of drug-likeness (QED) is 0.832. The van der Waals surface area contributed by atoms with Gasteiger partial charge in [-0.3, -0.25) is 4.72 Å². The van der Waals surface area contributed by atoms with Gasteiger partial charge in [-0.1, -0.05) is 34.5 Å². The topological polar surface area (TPSA) is 59.1 Å². The van der Waals surface area contributed by atoms with Gasteiger partial charge in [0.25, 0.3) is 10.0 Å². The number of hydrogen-bond acceptors (Lipinski definition) is 4. The van der Waals surface area contributed by atoms with Crippen molar-refractivity contribution in [1.82, 2.24) is 4.98 Å². The molecule has 0 aliphatic carbocycles. The van der Waals surface area contributed by atoms with Crippen molar-refractivity contribution in [3.8, 4) is 0 Å². The molecule has 0 bridgehead atoms. The largest absolute Gasteiger partial charge is 0.278 e. The Morgan fingerprint density at radius 3 is 2.58 bits per heavy atom. The molecule has 0 radical (unpaired) electrons. The van der Waals surface area contributed by atoms with Crippen LogP contribution in [0.4, 0.5) is 5.69 Å². The van der Waals surface area contributed by atoms with Crippen LogP contribution in [-0.2, 0) is 10.0 Å². The number of anilines is 1. The van der Waals surface area contributed by atoms with Crippen LogP contribution in [0.15, 0.2) is 26.9 Å². The predicted molar refractivity (Wildman–Crippen MR) is 81.8 cm³/mol. The molecule has 102 valence electrons. The van der Waals surface area contributed by atoms with Crippen molar-refractivity contribution in [2.45, 2.75) is 11.1 Å². The third-order valence-corrected chi connectivity index (χ3v) is 6.28. The second-order valence-electron chi connectivity index (χ2n) is 3.57. The summed E-state index contributed by atoms with van der Waals surface area (Å²) in [6.07, 6.45) is 0. The average molecular weight is 402 g/mol. The van der Waals surface area contributed by atoms with Gasteiger partial charge in [0.05, 0.1) is 11.4 Å². The molecular weight excluding hydrogens is 395 g/mol. The number of benzene rings is 1. The third-order valence-electron chi connectivity index (χ3n) is 2.15. The summed E-state index contributed by atoms with van der Waals surface area (Å²) in [5.41, 5.74) is 0.765. The molecule has 0 unspecified atom stereocenters. The first-order valence-corrected chi connectivity index (χ1v) is 8.75. The van der Waals surface area contributed by atoms with Crippen molar-refractivity contribution in [3.05, 3.63) is 37.9 Å². The molecule has 4 nitrogen and oxygen atoms in total. The molecule has 0 fully saturated rings. The van der Waals surface area contributed by atoms with Crippen molar-refractivity contribution in [3.63, 3.8) is 0 Å². The fraction of sp³-hybridized carbons (Fsp3) is 0.100. The first kappa shape index (κ1) is 15.1. The van der Waals surface area contributed by atoms with Gasteiger partial charge in [0.15, 0.2) is 8.68 Å². The minimum Gasteiger partial charge on any atom is -0.278 e. The van der Waals surface area contributed by atoms with Crippen LogP contribution in [0.3, 0.4) is 0 Å². The van der Waals surface area contributed by atoms with Gasteiger partial charge >= 0.3 is 0 Å². The standard InChI is InChI=1S/C10H7BrCl2N2O2S2/c1-5-9(18-10(13)14-5)19(16,17)15-8-3-2-6(12)4-7(8)11/h2-4,15H,1H3. The zero-order valence-electron chi connectivity index (χ0n) is 9.45. The van der Waals surface area contributed by atoms with E-state index in [9.17, 15) is 8.42 Å². The molecule has 0 spiro atoms. The van der Waals surface area contributed by atoms with Crippen LogP contribution >= 0.6 is 50.5 Å². The minimum absolute atomic E-state index is 0.0966. The van der Waals surface area contributed by atoms with Crippen molar-refractivity contribution in [2.24, 2.45) is 0 Å². The maximum absolute atomic E-state index is 12.2. The highest BCUT2D eigenvalue weighted by Crippen LogP contribution is 2.31. The lowest BCUT2D eigenvalue weighted by molar-refractivity contribution is 0.602. The summed E-state index contributed by atoms with van der Waals surface area (Å²) in [5, 5.41) is 0.506. The Morgan fingerprint density at radius 1 is 1.37 bits per heavy atom. The van der Waals surface area contributed by atoms with Gasteiger partial charge in [-0.05, 0) is 41.1 Å². The van der Waals surface area contributed by atoms with E-state index in [0.717, 1.165) is 11.3 Å². The van der Waals surface area contributed by atoms with E-state index in [-0.39, 0.29) is 8.68 Å². The highest BCUT2D eigenvalue weighted by Gasteiger charge is 2.22. The first-order valence-electron chi connectivity index (χ1n) is 4.90. The normalized spacial score (nSPS) is 11.6. The smallest absolute Gasteiger partial charge is 0.273 e. The molecule has 2 aromatic rings. The molecule has 1 aromatic heterocycles. The molecule has 0 saturated heterocycles. The summed E-state index contributed by atoms with van der Waals surface area (Å²) >= 11 is 15.7. The number of aryl methyl sites for hydroxylation is 1. The van der Waals surface area contributed by atoms with Crippen LogP contribution in [0, 0.1) is 6.92 Å². The summed E-state index contributed by atoms with van der Waals surface area (Å²) in [6.45, 7) is 1.59. The van der Waals surface area contributed by atoms with Crippen molar-refractivity contribution >= 4 is 66.2 Å². The van der Waals surface area contributed by atoms with E-state index in [1.807, 2.05) is 0 Å². The predicted octanol–water partition coefficient (Wildman–Crippen LogP) is 4.32. The van der Waals surface area contributed by atoms with E-state index < -0.39 is 10.0 Å². The van der Waals surface area contributed by atoms with E-state index >= 15 is 0 Å². The van der Waals surface area contributed by atoms with Gasteiger partial charge in [-0.2, -0.15) is 0 Å². The Morgan fingerprint density at radius 2 is 2.05 bits per heavy atom. The molecule has 0 aliphatic heterocycles. The number of nitrogens with zero attached hydrogens (tertiary/aromatic N) is 1. The van der Waals surface area contributed by atoms with E-state index in [2.05, 4.69) is 25.6 Å². The zero-order chi connectivity index (χ0) is 14.2. The van der Waals surface area contributed by atoms with Crippen molar-refractivity contribution in [2.75, 3.05) is 4.72 Å². The molecule has 1 aromatic carbocycles. The second-order valence-corrected chi connectivity index (χ2v) is 8.32. The second kappa shape index (κ2) is 5.57. The van der Waals surface area contributed by atoms with Gasteiger partial charge in [0.2, 0.25) is 0 Å². The Kier molecular flexibility index (Phi) is 4.42. The van der Waals surface area contributed by atoms with Gasteiger partial charge in [-0.25, -0.2) is 13.4 Å². The number of rotatable bonds is 3. The Bertz CT molecular complexity index is 731. The fourth-order valence-electron chi connectivity index (χ4n) is 1.36. The lowest BCUT2D eigenvalue weighted by Crippen LogP contribution is -2.13. The summed E-state index contributed by atoms with van der Waals surface area (Å²) in [6, 6.07) is 4.77. The Hall–Kier alpha value is -0.340. The summed E-state index contributed by atoms with van der Waals surface area (Å²) in [5.74, 6) is 0. The maximum Gasteiger partial charge on any atom is 0.273 e. The number of thiazole rings is 1. The van der Waals surface area contributed by atoms with Crippen LogP contribution in [0.2, 0.25) is 9.49 Å². The molecule has 1 heterocycles. The minimum atomic E-state index is -3.71. The van der Waals surface area contributed by atoms with Crippen molar-refractivity contribution < 1.29 is 8.42 Å². The molecular formula is C10H7BrCl2N2O2S2. The van der Waals surface area contributed by atoms with Crippen molar-refractivity contribution in [1.29, 1.82) is 0 Å². The van der Waals surface area contributed by atoms with Gasteiger partial charge in [-0.15, -0.1) is 0 Å². The van der Waals surface area contributed by atoms with Gasteiger partial charge < -0.3 is 0 Å². The Balaban J connectivity index is 2.39. The molecule has 0 aliphatic rings. The maximum atomic E-state index is 12.2. The van der Waals surface area contributed by atoms with Crippen LogP contribution in [0.25, 0.3) is 0 Å². The molecule has 0 amide bonds. The van der Waals surface area contributed by atoms with E-state index in [4.69, 9.17) is 23.2 Å². The number of nitrogens with one attached hydrogen (secondary N) is 1. The lowest BCUT2D eigenvalue weighted by atomic mass is 10.3. The average Bonchev–Trinajstić information content (AvgIpc) is 2.63. The van der Waals surface area contributed by atoms with Gasteiger partial charge in [0, 0.05) is 9.50 Å². The molecule has 0 atom stereocenters. The van der Waals surface area contributed by atoms with Crippen LogP contribution in [0.5, 0.6) is 0 Å². The molecule has 2 rings (SSSR count). The van der Waals surface area contributed by atoms with E-state index in [0.29, 0.717) is 20.9 Å². The summed E-state index contributed by atoms with van der Waals surface area (Å²) in [7, 11) is -3.71. The lowest BCUT2D eigenvalue weighted by Gasteiger charge is -2.08. The summed E-state index contributed by atoms with van der Waals surface area (Å²) < 4.78 is 27.7. The highest BCUT2D eigenvalue weighted by atomic mass is 79.9. The molecule has 9 heteroatoms. The molecule has 19 heavy (non-hydrogen) atoms. The zero-order valence-corrected chi connectivity index (χ0v) is 14.2. The highest BCUT2D eigenvalue weighted by molar-refractivity contribution is 9.10. The number of aromatic nitrogens is 1. The van der Waals surface area contributed by atoms with Crippen LogP contribution < -0.4 is 4.72 Å². The van der Waals surface area contributed by atoms with Crippen LogP contribution in [0.1, 0.15) is 5.69 Å². The molecule has 1 N–H and O–H groups in total.